The Morgan fingerprint density at radius 3 is 2.50 bits per heavy atom. The van der Waals surface area contributed by atoms with Crippen molar-refractivity contribution in [3.05, 3.63) is 21.9 Å². The molecule has 0 aliphatic carbocycles. The maximum atomic E-state index is 11.6. The SMILES string of the molecule is COC(=O)C(C)(C)[C@H](N)c1sccc1C.Cl. The van der Waals surface area contributed by atoms with E-state index in [1.807, 2.05) is 32.2 Å². The molecule has 0 saturated heterocycles. The van der Waals surface area contributed by atoms with Gasteiger partial charge in [0.1, 0.15) is 0 Å². The number of nitrogens with two attached hydrogens (primary N) is 1. The largest absolute Gasteiger partial charge is 0.469 e. The summed E-state index contributed by atoms with van der Waals surface area (Å²) in [5.41, 5.74) is 6.54. The molecule has 0 unspecified atom stereocenters. The number of ether oxygens (including phenoxy) is 1. The minimum atomic E-state index is -0.690. The standard InChI is InChI=1S/C11H17NO2S.ClH/c1-7-5-6-15-8(7)9(12)11(2,3)10(13)14-4;/h5-6,9H,12H2,1-4H3;1H/t9-;/m1./s1. The first-order valence-electron chi connectivity index (χ1n) is 4.79. The van der Waals surface area contributed by atoms with E-state index in [1.165, 1.54) is 7.11 Å². The van der Waals surface area contributed by atoms with Crippen LogP contribution >= 0.6 is 23.7 Å². The van der Waals surface area contributed by atoms with Crippen LogP contribution in [0.25, 0.3) is 0 Å². The molecule has 92 valence electrons. The number of esters is 1. The Morgan fingerprint density at radius 2 is 2.12 bits per heavy atom. The highest BCUT2D eigenvalue weighted by molar-refractivity contribution is 7.10. The molecule has 0 fully saturated rings. The van der Waals surface area contributed by atoms with Crippen molar-refractivity contribution in [2.75, 3.05) is 7.11 Å². The van der Waals surface area contributed by atoms with Crippen molar-refractivity contribution in [1.82, 2.24) is 0 Å². The topological polar surface area (TPSA) is 52.3 Å². The number of rotatable bonds is 3. The third kappa shape index (κ3) is 2.75. The van der Waals surface area contributed by atoms with Gasteiger partial charge < -0.3 is 10.5 Å². The Hall–Kier alpha value is -0.580. The highest BCUT2D eigenvalue weighted by Crippen LogP contribution is 2.36. The average Bonchev–Trinajstić information content (AvgIpc) is 2.61. The minimum Gasteiger partial charge on any atom is -0.469 e. The van der Waals surface area contributed by atoms with Gasteiger partial charge in [-0.2, -0.15) is 0 Å². The molecule has 0 amide bonds. The van der Waals surface area contributed by atoms with E-state index in [4.69, 9.17) is 10.5 Å². The Kier molecular flexibility index (Phi) is 5.46. The first-order chi connectivity index (χ1) is 6.91. The summed E-state index contributed by atoms with van der Waals surface area (Å²) in [6.07, 6.45) is 0. The second kappa shape index (κ2) is 5.66. The monoisotopic (exact) mass is 263 g/mol. The predicted molar refractivity (Wildman–Crippen MR) is 69.0 cm³/mol. The van der Waals surface area contributed by atoms with Gasteiger partial charge in [-0.1, -0.05) is 0 Å². The molecule has 0 aliphatic rings. The zero-order valence-corrected chi connectivity index (χ0v) is 11.6. The predicted octanol–water partition coefficient (Wildman–Crippen LogP) is 2.68. The van der Waals surface area contributed by atoms with Gasteiger partial charge in [-0.3, -0.25) is 4.79 Å². The van der Waals surface area contributed by atoms with Crippen molar-refractivity contribution < 1.29 is 9.53 Å². The van der Waals surface area contributed by atoms with Gasteiger partial charge in [-0.25, -0.2) is 0 Å². The van der Waals surface area contributed by atoms with Gasteiger partial charge in [0.25, 0.3) is 0 Å². The Bertz CT molecular complexity index is 363. The summed E-state index contributed by atoms with van der Waals surface area (Å²) in [7, 11) is 1.39. The number of carbonyl (C=O) groups is 1. The van der Waals surface area contributed by atoms with Crippen LogP contribution in [0.5, 0.6) is 0 Å². The molecule has 1 aromatic heterocycles. The van der Waals surface area contributed by atoms with Crippen LogP contribution in [0.4, 0.5) is 0 Å². The molecule has 0 radical (unpaired) electrons. The smallest absolute Gasteiger partial charge is 0.313 e. The van der Waals surface area contributed by atoms with Crippen LogP contribution in [0.3, 0.4) is 0 Å². The lowest BCUT2D eigenvalue weighted by Gasteiger charge is -2.28. The molecule has 16 heavy (non-hydrogen) atoms. The molecular formula is C11H18ClNO2S. The first kappa shape index (κ1) is 15.4. The van der Waals surface area contributed by atoms with Crippen LogP contribution < -0.4 is 5.73 Å². The number of thiophene rings is 1. The van der Waals surface area contributed by atoms with Crippen molar-refractivity contribution >= 4 is 29.7 Å². The fourth-order valence-corrected chi connectivity index (χ4v) is 2.53. The molecule has 0 saturated carbocycles. The molecule has 0 aromatic carbocycles. The zero-order valence-electron chi connectivity index (χ0n) is 9.94. The van der Waals surface area contributed by atoms with Gasteiger partial charge in [-0.15, -0.1) is 23.7 Å². The molecule has 0 spiro atoms. The number of hydrogen-bond acceptors (Lipinski definition) is 4. The molecule has 2 N–H and O–H groups in total. The normalized spacial score (nSPS) is 12.8. The summed E-state index contributed by atoms with van der Waals surface area (Å²) in [5.74, 6) is -0.275. The third-order valence-electron chi connectivity index (χ3n) is 2.67. The van der Waals surface area contributed by atoms with Crippen LogP contribution in [0, 0.1) is 12.3 Å². The lowest BCUT2D eigenvalue weighted by Crippen LogP contribution is -2.37. The Balaban J connectivity index is 0.00000225. The van der Waals surface area contributed by atoms with Crippen molar-refractivity contribution in [3.63, 3.8) is 0 Å². The summed E-state index contributed by atoms with van der Waals surface area (Å²) in [5, 5.41) is 1.98. The fraction of sp³-hybridized carbons (Fsp3) is 0.545. The zero-order chi connectivity index (χ0) is 11.6. The van der Waals surface area contributed by atoms with Crippen LogP contribution in [-0.4, -0.2) is 13.1 Å². The summed E-state index contributed by atoms with van der Waals surface area (Å²) >= 11 is 1.58. The molecular weight excluding hydrogens is 246 g/mol. The van der Waals surface area contributed by atoms with Gasteiger partial charge in [0.2, 0.25) is 0 Å². The van der Waals surface area contributed by atoms with Crippen molar-refractivity contribution in [1.29, 1.82) is 0 Å². The van der Waals surface area contributed by atoms with Gasteiger partial charge in [0.05, 0.1) is 18.6 Å². The van der Waals surface area contributed by atoms with Crippen molar-refractivity contribution in [3.8, 4) is 0 Å². The van der Waals surface area contributed by atoms with E-state index in [2.05, 4.69) is 0 Å². The summed E-state index contributed by atoms with van der Waals surface area (Å²) in [6, 6.07) is 1.69. The van der Waals surface area contributed by atoms with Crippen LogP contribution in [-0.2, 0) is 9.53 Å². The maximum absolute atomic E-state index is 11.6. The van der Waals surface area contributed by atoms with Gasteiger partial charge >= 0.3 is 5.97 Å². The summed E-state index contributed by atoms with van der Waals surface area (Å²) < 4.78 is 4.76. The van der Waals surface area contributed by atoms with E-state index in [-0.39, 0.29) is 24.4 Å². The molecule has 5 heteroatoms. The molecule has 1 atom stereocenters. The van der Waals surface area contributed by atoms with E-state index in [0.29, 0.717) is 0 Å². The van der Waals surface area contributed by atoms with Crippen molar-refractivity contribution in [2.45, 2.75) is 26.8 Å². The maximum Gasteiger partial charge on any atom is 0.313 e. The van der Waals surface area contributed by atoms with E-state index in [9.17, 15) is 4.79 Å². The summed E-state index contributed by atoms with van der Waals surface area (Å²) in [4.78, 5) is 12.6. The Morgan fingerprint density at radius 1 is 1.56 bits per heavy atom. The van der Waals surface area contributed by atoms with Crippen molar-refractivity contribution in [2.24, 2.45) is 11.1 Å². The molecule has 3 nitrogen and oxygen atoms in total. The average molecular weight is 264 g/mol. The molecule has 0 bridgehead atoms. The summed E-state index contributed by atoms with van der Waals surface area (Å²) in [6.45, 7) is 5.62. The van der Waals surface area contributed by atoms with E-state index in [1.54, 1.807) is 11.3 Å². The number of aryl methyl sites for hydroxylation is 1. The van der Waals surface area contributed by atoms with Gasteiger partial charge in [0.15, 0.2) is 0 Å². The second-order valence-corrected chi connectivity index (χ2v) is 5.11. The lowest BCUT2D eigenvalue weighted by atomic mass is 9.83. The third-order valence-corrected chi connectivity index (χ3v) is 3.78. The van der Waals surface area contributed by atoms with E-state index in [0.717, 1.165) is 10.4 Å². The van der Waals surface area contributed by atoms with Gasteiger partial charge in [0, 0.05) is 4.88 Å². The Labute approximate surface area is 106 Å². The highest BCUT2D eigenvalue weighted by Gasteiger charge is 2.37. The molecule has 1 heterocycles. The first-order valence-corrected chi connectivity index (χ1v) is 5.67. The number of halogens is 1. The lowest BCUT2D eigenvalue weighted by molar-refractivity contribution is -0.152. The molecule has 1 rings (SSSR count). The van der Waals surface area contributed by atoms with E-state index >= 15 is 0 Å². The molecule has 0 aliphatic heterocycles. The number of methoxy groups -OCH3 is 1. The van der Waals surface area contributed by atoms with E-state index < -0.39 is 5.41 Å². The van der Waals surface area contributed by atoms with Crippen LogP contribution in [0.15, 0.2) is 11.4 Å². The molecule has 1 aromatic rings. The fourth-order valence-electron chi connectivity index (χ4n) is 1.42. The minimum absolute atomic E-state index is 0. The van der Waals surface area contributed by atoms with Crippen LogP contribution in [0.2, 0.25) is 0 Å². The van der Waals surface area contributed by atoms with Crippen LogP contribution in [0.1, 0.15) is 30.3 Å². The quantitative estimate of drug-likeness (QED) is 0.853. The van der Waals surface area contributed by atoms with Gasteiger partial charge in [-0.05, 0) is 37.8 Å². The number of carbonyl (C=O) groups excluding carboxylic acids is 1. The highest BCUT2D eigenvalue weighted by atomic mass is 35.5. The second-order valence-electron chi connectivity index (χ2n) is 4.16. The number of hydrogen-bond donors (Lipinski definition) is 1.